The van der Waals surface area contributed by atoms with E-state index in [1.54, 1.807) is 18.1 Å². The third kappa shape index (κ3) is 4.85. The van der Waals surface area contributed by atoms with Gasteiger partial charge in [0.05, 0.1) is 13.7 Å². The summed E-state index contributed by atoms with van der Waals surface area (Å²) in [5.74, 6) is 0.757. The van der Waals surface area contributed by atoms with E-state index in [-0.39, 0.29) is 18.1 Å². The van der Waals surface area contributed by atoms with Crippen LogP contribution in [0.1, 0.15) is 10.5 Å². The summed E-state index contributed by atoms with van der Waals surface area (Å²) >= 11 is 0. The molecule has 0 aliphatic carbocycles. The van der Waals surface area contributed by atoms with Gasteiger partial charge in [-0.05, 0) is 12.1 Å². The second-order valence-electron chi connectivity index (χ2n) is 7.19. The molecule has 31 heavy (non-hydrogen) atoms. The normalized spacial score (nSPS) is 13.7. The molecule has 1 saturated heterocycles. The van der Waals surface area contributed by atoms with Crippen LogP contribution in [0.4, 0.5) is 5.69 Å². The number of ether oxygens (including phenoxy) is 1. The van der Waals surface area contributed by atoms with Crippen molar-refractivity contribution < 1.29 is 18.8 Å². The van der Waals surface area contributed by atoms with Crippen LogP contribution in [-0.4, -0.2) is 61.7 Å². The highest BCUT2D eigenvalue weighted by molar-refractivity contribution is 5.95. The van der Waals surface area contributed by atoms with Crippen LogP contribution < -0.4 is 15.0 Å². The van der Waals surface area contributed by atoms with Gasteiger partial charge in [-0.25, -0.2) is 0 Å². The molecule has 2 aromatic carbocycles. The molecule has 0 unspecified atom stereocenters. The van der Waals surface area contributed by atoms with Crippen molar-refractivity contribution in [2.24, 2.45) is 0 Å². The molecule has 1 fully saturated rings. The molecule has 0 spiro atoms. The maximum absolute atomic E-state index is 12.5. The number of anilines is 1. The van der Waals surface area contributed by atoms with Crippen LogP contribution in [0, 0.1) is 0 Å². The zero-order valence-electron chi connectivity index (χ0n) is 17.3. The van der Waals surface area contributed by atoms with Gasteiger partial charge in [-0.15, -0.1) is 0 Å². The van der Waals surface area contributed by atoms with Crippen molar-refractivity contribution in [2.45, 2.75) is 0 Å². The topological polar surface area (TPSA) is 87.9 Å². The first-order chi connectivity index (χ1) is 15.1. The molecular weight excluding hydrogens is 396 g/mol. The average Bonchev–Trinajstić information content (AvgIpc) is 3.33. The summed E-state index contributed by atoms with van der Waals surface area (Å²) in [5.41, 5.74) is 2.05. The van der Waals surface area contributed by atoms with Crippen molar-refractivity contribution in [1.82, 2.24) is 15.4 Å². The second kappa shape index (κ2) is 9.34. The van der Waals surface area contributed by atoms with Gasteiger partial charge >= 0.3 is 0 Å². The Kier molecular flexibility index (Phi) is 6.16. The Balaban J connectivity index is 1.27. The lowest BCUT2D eigenvalue weighted by molar-refractivity contribution is -0.130. The van der Waals surface area contributed by atoms with Crippen LogP contribution in [0.15, 0.2) is 65.2 Å². The Hall–Kier alpha value is -3.81. The van der Waals surface area contributed by atoms with Gasteiger partial charge in [0.15, 0.2) is 11.5 Å². The summed E-state index contributed by atoms with van der Waals surface area (Å²) in [7, 11) is 1.64. The van der Waals surface area contributed by atoms with E-state index in [2.05, 4.69) is 15.4 Å². The number of nitrogens with one attached hydrogen (secondary N) is 1. The smallest absolute Gasteiger partial charge is 0.273 e. The number of methoxy groups -OCH3 is 1. The molecule has 1 aliphatic heterocycles. The number of piperazine rings is 1. The molecule has 8 nitrogen and oxygen atoms in total. The van der Waals surface area contributed by atoms with Gasteiger partial charge in [-0.3, -0.25) is 9.59 Å². The lowest BCUT2D eigenvalue weighted by Gasteiger charge is -2.36. The first-order valence-electron chi connectivity index (χ1n) is 10.1. The minimum Gasteiger partial charge on any atom is -0.497 e. The lowest BCUT2D eigenvalue weighted by Crippen LogP contribution is -2.51. The molecule has 3 aromatic rings. The fourth-order valence-electron chi connectivity index (χ4n) is 3.50. The number of hydrogen-bond donors (Lipinski definition) is 1. The summed E-state index contributed by atoms with van der Waals surface area (Å²) < 4.78 is 10.5. The van der Waals surface area contributed by atoms with E-state index in [4.69, 9.17) is 9.26 Å². The van der Waals surface area contributed by atoms with Crippen molar-refractivity contribution in [3.05, 3.63) is 66.4 Å². The van der Waals surface area contributed by atoms with Crippen molar-refractivity contribution in [3.63, 3.8) is 0 Å². The predicted octanol–water partition coefficient (Wildman–Crippen LogP) is 2.43. The van der Waals surface area contributed by atoms with Gasteiger partial charge in [0.2, 0.25) is 5.91 Å². The first-order valence-corrected chi connectivity index (χ1v) is 10.1. The Labute approximate surface area is 180 Å². The molecule has 0 bridgehead atoms. The molecule has 160 valence electrons. The van der Waals surface area contributed by atoms with Crippen LogP contribution in [0.5, 0.6) is 5.75 Å². The van der Waals surface area contributed by atoms with Gasteiger partial charge in [-0.1, -0.05) is 41.6 Å². The predicted molar refractivity (Wildman–Crippen MR) is 116 cm³/mol. The zero-order valence-corrected chi connectivity index (χ0v) is 17.3. The van der Waals surface area contributed by atoms with Gasteiger partial charge in [0, 0.05) is 49.6 Å². The minimum absolute atomic E-state index is 0.0779. The number of carbonyl (C=O) groups excluding carboxylic acids is 2. The monoisotopic (exact) mass is 420 g/mol. The molecule has 0 radical (unpaired) electrons. The molecular formula is C23H24N4O4. The van der Waals surface area contributed by atoms with E-state index in [1.807, 2.05) is 54.6 Å². The fourth-order valence-corrected chi connectivity index (χ4v) is 3.50. The van der Waals surface area contributed by atoms with Crippen molar-refractivity contribution in [2.75, 3.05) is 44.7 Å². The Morgan fingerprint density at radius 2 is 1.81 bits per heavy atom. The standard InChI is InChI=1S/C23H24N4O4/c1-30-19-9-5-8-18(14-19)26-10-12-27(13-11-26)22(28)16-24-23(29)20-15-21(31-25-20)17-6-3-2-4-7-17/h2-9,14-15H,10-13,16H2,1H3,(H,24,29). The highest BCUT2D eigenvalue weighted by Crippen LogP contribution is 2.22. The second-order valence-corrected chi connectivity index (χ2v) is 7.19. The molecule has 1 aliphatic rings. The number of hydrogen-bond acceptors (Lipinski definition) is 6. The van der Waals surface area contributed by atoms with Crippen LogP contribution in [0.2, 0.25) is 0 Å². The summed E-state index contributed by atoms with van der Waals surface area (Å²) in [6.07, 6.45) is 0. The maximum atomic E-state index is 12.5. The lowest BCUT2D eigenvalue weighted by atomic mass is 10.1. The van der Waals surface area contributed by atoms with E-state index in [0.29, 0.717) is 18.8 Å². The minimum atomic E-state index is -0.436. The molecule has 1 aromatic heterocycles. The van der Waals surface area contributed by atoms with E-state index in [9.17, 15) is 9.59 Å². The Morgan fingerprint density at radius 3 is 2.55 bits per heavy atom. The number of amides is 2. The third-order valence-electron chi connectivity index (χ3n) is 5.25. The number of rotatable bonds is 6. The number of carbonyl (C=O) groups is 2. The van der Waals surface area contributed by atoms with E-state index in [1.165, 1.54) is 0 Å². The van der Waals surface area contributed by atoms with Crippen molar-refractivity contribution >= 4 is 17.5 Å². The Bertz CT molecular complexity index is 1040. The highest BCUT2D eigenvalue weighted by atomic mass is 16.5. The number of benzene rings is 2. The molecule has 0 atom stereocenters. The molecule has 2 amide bonds. The molecule has 4 rings (SSSR count). The number of aromatic nitrogens is 1. The highest BCUT2D eigenvalue weighted by Gasteiger charge is 2.22. The molecule has 1 N–H and O–H groups in total. The molecule has 0 saturated carbocycles. The summed E-state index contributed by atoms with van der Waals surface area (Å²) in [6.45, 7) is 2.54. The van der Waals surface area contributed by atoms with E-state index in [0.717, 1.165) is 30.1 Å². The van der Waals surface area contributed by atoms with Gasteiger partial charge in [0.25, 0.3) is 5.91 Å². The number of nitrogens with zero attached hydrogens (tertiary/aromatic N) is 3. The average molecular weight is 420 g/mol. The maximum Gasteiger partial charge on any atom is 0.273 e. The van der Waals surface area contributed by atoms with Crippen molar-refractivity contribution in [1.29, 1.82) is 0 Å². The SMILES string of the molecule is COc1cccc(N2CCN(C(=O)CNC(=O)c3cc(-c4ccccc4)on3)CC2)c1. The van der Waals surface area contributed by atoms with Gasteiger partial charge in [-0.2, -0.15) is 0 Å². The van der Waals surface area contributed by atoms with Gasteiger partial charge in [0.1, 0.15) is 5.75 Å². The summed E-state index contributed by atoms with van der Waals surface area (Å²) in [4.78, 5) is 28.9. The van der Waals surface area contributed by atoms with Gasteiger partial charge < -0.3 is 24.4 Å². The quantitative estimate of drug-likeness (QED) is 0.659. The first kappa shape index (κ1) is 20.5. The van der Waals surface area contributed by atoms with Crippen molar-refractivity contribution in [3.8, 4) is 17.1 Å². The van der Waals surface area contributed by atoms with Crippen LogP contribution in [-0.2, 0) is 4.79 Å². The van der Waals surface area contributed by atoms with Crippen LogP contribution in [0.25, 0.3) is 11.3 Å². The summed E-state index contributed by atoms with van der Waals surface area (Å²) in [5, 5.41) is 6.45. The summed E-state index contributed by atoms with van der Waals surface area (Å²) in [6, 6.07) is 18.8. The Morgan fingerprint density at radius 1 is 1.03 bits per heavy atom. The van der Waals surface area contributed by atoms with Crippen LogP contribution in [0.3, 0.4) is 0 Å². The zero-order chi connectivity index (χ0) is 21.6. The fraction of sp³-hybridized carbons (Fsp3) is 0.261. The largest absolute Gasteiger partial charge is 0.497 e. The molecule has 2 heterocycles. The van der Waals surface area contributed by atoms with Crippen LogP contribution >= 0.6 is 0 Å². The van der Waals surface area contributed by atoms with E-state index < -0.39 is 5.91 Å². The van der Waals surface area contributed by atoms with E-state index >= 15 is 0 Å². The molecule has 8 heteroatoms. The third-order valence-corrected chi connectivity index (χ3v) is 5.25.